The van der Waals surface area contributed by atoms with Crippen molar-refractivity contribution in [2.24, 2.45) is 0 Å². The molecule has 0 unspecified atom stereocenters. The number of thiazole rings is 2. The Bertz CT molecular complexity index is 1160. The van der Waals surface area contributed by atoms with Crippen LogP contribution in [0.25, 0.3) is 20.4 Å². The average molecular weight is 409 g/mol. The molecule has 0 radical (unpaired) electrons. The Morgan fingerprint density at radius 2 is 1.86 bits per heavy atom. The molecule has 28 heavy (non-hydrogen) atoms. The number of anilines is 1. The molecule has 1 amide bonds. The van der Waals surface area contributed by atoms with Crippen molar-refractivity contribution >= 4 is 54.1 Å². The van der Waals surface area contributed by atoms with E-state index >= 15 is 0 Å². The Labute approximate surface area is 171 Å². The lowest BCUT2D eigenvalue weighted by Crippen LogP contribution is -2.48. The zero-order valence-electron chi connectivity index (χ0n) is 15.6. The van der Waals surface area contributed by atoms with Gasteiger partial charge in [-0.25, -0.2) is 9.97 Å². The Morgan fingerprint density at radius 3 is 2.68 bits per heavy atom. The molecule has 4 aromatic rings. The van der Waals surface area contributed by atoms with Crippen molar-refractivity contribution in [3.8, 4) is 0 Å². The van der Waals surface area contributed by atoms with Crippen molar-refractivity contribution < 1.29 is 4.79 Å². The molecule has 0 bridgehead atoms. The first-order chi connectivity index (χ1) is 13.7. The van der Waals surface area contributed by atoms with E-state index in [0.717, 1.165) is 59.0 Å². The van der Waals surface area contributed by atoms with Crippen LogP contribution in [0.3, 0.4) is 0 Å². The molecule has 7 heteroatoms. The van der Waals surface area contributed by atoms with Gasteiger partial charge in [-0.3, -0.25) is 4.79 Å². The number of rotatable bonds is 3. The van der Waals surface area contributed by atoms with Gasteiger partial charge in [0.25, 0.3) is 5.91 Å². The summed E-state index contributed by atoms with van der Waals surface area (Å²) in [6.07, 6.45) is 1.04. The zero-order valence-corrected chi connectivity index (χ0v) is 17.2. The van der Waals surface area contributed by atoms with E-state index in [1.165, 1.54) is 10.3 Å². The fraction of sp³-hybridized carbons (Fsp3) is 0.286. The maximum Gasteiger partial charge on any atom is 0.254 e. The number of benzene rings is 2. The highest BCUT2D eigenvalue weighted by atomic mass is 32.1. The quantitative estimate of drug-likeness (QED) is 0.503. The molecule has 5 nitrogen and oxygen atoms in total. The van der Waals surface area contributed by atoms with Crippen molar-refractivity contribution in [2.45, 2.75) is 13.3 Å². The van der Waals surface area contributed by atoms with Crippen molar-refractivity contribution in [3.05, 3.63) is 53.0 Å². The highest BCUT2D eigenvalue weighted by Crippen LogP contribution is 2.30. The van der Waals surface area contributed by atoms with Gasteiger partial charge in [0.2, 0.25) is 0 Å². The number of nitrogens with zero attached hydrogens (tertiary/aromatic N) is 4. The van der Waals surface area contributed by atoms with E-state index in [1.807, 2.05) is 28.6 Å². The minimum absolute atomic E-state index is 0.104. The lowest BCUT2D eigenvalue weighted by Gasteiger charge is -2.34. The van der Waals surface area contributed by atoms with Crippen LogP contribution in [0.5, 0.6) is 0 Å². The van der Waals surface area contributed by atoms with Crippen molar-refractivity contribution in [3.63, 3.8) is 0 Å². The number of piperazine rings is 1. The van der Waals surface area contributed by atoms with Gasteiger partial charge in [-0.1, -0.05) is 24.3 Å². The van der Waals surface area contributed by atoms with Crippen molar-refractivity contribution in [1.29, 1.82) is 0 Å². The van der Waals surface area contributed by atoms with E-state index in [0.29, 0.717) is 0 Å². The second-order valence-electron chi connectivity index (χ2n) is 6.97. The fourth-order valence-corrected chi connectivity index (χ4v) is 5.38. The zero-order chi connectivity index (χ0) is 19.1. The third-order valence-corrected chi connectivity index (χ3v) is 7.14. The van der Waals surface area contributed by atoms with Crippen LogP contribution in [-0.4, -0.2) is 47.0 Å². The van der Waals surface area contributed by atoms with Crippen molar-refractivity contribution in [2.75, 3.05) is 31.1 Å². The Kier molecular flexibility index (Phi) is 4.49. The van der Waals surface area contributed by atoms with Crippen LogP contribution < -0.4 is 4.90 Å². The van der Waals surface area contributed by atoms with Gasteiger partial charge in [0.05, 0.1) is 25.9 Å². The molecule has 1 saturated heterocycles. The van der Waals surface area contributed by atoms with E-state index < -0.39 is 0 Å². The molecule has 0 spiro atoms. The van der Waals surface area contributed by atoms with E-state index in [1.54, 1.807) is 22.7 Å². The SMILES string of the molecule is CCc1ccc2nc(N3CCN(C(=O)c4ccc5ncsc5c4)CC3)sc2c1. The smallest absolute Gasteiger partial charge is 0.254 e. The van der Waals surface area contributed by atoms with Crippen molar-refractivity contribution in [1.82, 2.24) is 14.9 Å². The third-order valence-electron chi connectivity index (χ3n) is 5.27. The molecule has 142 valence electrons. The summed E-state index contributed by atoms with van der Waals surface area (Å²) in [4.78, 5) is 26.2. The largest absolute Gasteiger partial charge is 0.345 e. The number of hydrogen-bond acceptors (Lipinski definition) is 6. The van der Waals surface area contributed by atoms with Crippen LogP contribution in [0.2, 0.25) is 0 Å². The van der Waals surface area contributed by atoms with Gasteiger partial charge in [0.15, 0.2) is 5.13 Å². The normalized spacial score (nSPS) is 14.9. The van der Waals surface area contributed by atoms with Gasteiger partial charge < -0.3 is 9.80 Å². The molecule has 2 aromatic carbocycles. The standard InChI is InChI=1S/C21H20N4OS2/c1-2-14-3-5-17-19(11-14)28-21(23-17)25-9-7-24(8-10-25)20(26)15-4-6-16-18(12-15)27-13-22-16/h3-6,11-13H,2,7-10H2,1H3. The molecule has 0 atom stereocenters. The van der Waals surface area contributed by atoms with Crippen LogP contribution in [-0.2, 0) is 6.42 Å². The average Bonchev–Trinajstić information content (AvgIpc) is 3.38. The van der Waals surface area contributed by atoms with Gasteiger partial charge in [0, 0.05) is 31.7 Å². The highest BCUT2D eigenvalue weighted by molar-refractivity contribution is 7.22. The first-order valence-corrected chi connectivity index (χ1v) is 11.2. The number of carbonyl (C=O) groups is 1. The molecule has 0 aliphatic carbocycles. The summed E-state index contributed by atoms with van der Waals surface area (Å²) in [6, 6.07) is 12.3. The number of hydrogen-bond donors (Lipinski definition) is 0. The molecule has 2 aromatic heterocycles. The molecule has 0 N–H and O–H groups in total. The van der Waals surface area contributed by atoms with Crippen LogP contribution in [0, 0.1) is 0 Å². The second-order valence-corrected chi connectivity index (χ2v) is 8.86. The third kappa shape index (κ3) is 3.14. The van der Waals surface area contributed by atoms with Gasteiger partial charge in [-0.2, -0.15) is 0 Å². The molecular weight excluding hydrogens is 388 g/mol. The predicted octanol–water partition coefficient (Wildman–Crippen LogP) is 4.43. The minimum Gasteiger partial charge on any atom is -0.345 e. The van der Waals surface area contributed by atoms with Gasteiger partial charge in [-0.05, 0) is 42.3 Å². The van der Waals surface area contributed by atoms with Crippen LogP contribution in [0.1, 0.15) is 22.8 Å². The van der Waals surface area contributed by atoms with Gasteiger partial charge in [-0.15, -0.1) is 11.3 Å². The molecule has 1 fully saturated rings. The van der Waals surface area contributed by atoms with Gasteiger partial charge >= 0.3 is 0 Å². The number of carbonyl (C=O) groups excluding carboxylic acids is 1. The fourth-order valence-electron chi connectivity index (χ4n) is 3.58. The topological polar surface area (TPSA) is 49.3 Å². The molecule has 0 saturated carbocycles. The second kappa shape index (κ2) is 7.14. The summed E-state index contributed by atoms with van der Waals surface area (Å²) < 4.78 is 2.30. The summed E-state index contributed by atoms with van der Waals surface area (Å²) in [5.41, 5.74) is 5.93. The molecular formula is C21H20N4OS2. The lowest BCUT2D eigenvalue weighted by molar-refractivity contribution is 0.0747. The van der Waals surface area contributed by atoms with Crippen LogP contribution in [0.15, 0.2) is 41.9 Å². The minimum atomic E-state index is 0.104. The van der Waals surface area contributed by atoms with E-state index in [4.69, 9.17) is 4.98 Å². The van der Waals surface area contributed by atoms with Gasteiger partial charge in [0.1, 0.15) is 0 Å². The summed E-state index contributed by atoms with van der Waals surface area (Å²) in [5.74, 6) is 0.104. The van der Waals surface area contributed by atoms with E-state index in [-0.39, 0.29) is 5.91 Å². The first kappa shape index (κ1) is 17.6. The monoisotopic (exact) mass is 408 g/mol. The van der Waals surface area contributed by atoms with Crippen LogP contribution in [0.4, 0.5) is 5.13 Å². The predicted molar refractivity (Wildman–Crippen MR) is 117 cm³/mol. The van der Waals surface area contributed by atoms with Crippen LogP contribution >= 0.6 is 22.7 Å². The lowest BCUT2D eigenvalue weighted by atomic mass is 10.1. The Balaban J connectivity index is 1.29. The molecule has 5 rings (SSSR count). The Hall–Kier alpha value is -2.51. The summed E-state index contributed by atoms with van der Waals surface area (Å²) in [5, 5.41) is 1.06. The Morgan fingerprint density at radius 1 is 1.04 bits per heavy atom. The summed E-state index contributed by atoms with van der Waals surface area (Å²) in [6.45, 7) is 5.24. The molecule has 1 aliphatic rings. The summed E-state index contributed by atoms with van der Waals surface area (Å²) in [7, 11) is 0. The molecule has 3 heterocycles. The highest BCUT2D eigenvalue weighted by Gasteiger charge is 2.24. The number of fused-ring (bicyclic) bond motifs is 2. The number of aromatic nitrogens is 2. The maximum atomic E-state index is 12.9. The molecule has 1 aliphatic heterocycles. The number of aryl methyl sites for hydroxylation is 1. The number of amides is 1. The van der Waals surface area contributed by atoms with E-state index in [2.05, 4.69) is 35.0 Å². The maximum absolute atomic E-state index is 12.9. The summed E-state index contributed by atoms with van der Waals surface area (Å²) >= 11 is 3.32. The van der Waals surface area contributed by atoms with E-state index in [9.17, 15) is 4.79 Å². The first-order valence-electron chi connectivity index (χ1n) is 9.48.